The maximum absolute atomic E-state index is 5.71. The fourth-order valence-electron chi connectivity index (χ4n) is 3.89. The van der Waals surface area contributed by atoms with Crippen LogP contribution in [0.2, 0.25) is 0 Å². The summed E-state index contributed by atoms with van der Waals surface area (Å²) < 4.78 is 9.11. The summed E-state index contributed by atoms with van der Waals surface area (Å²) in [5.41, 5.74) is 7.30. The second kappa shape index (κ2) is 9.21. The minimum atomic E-state index is 0.387. The number of hydrogen-bond donors (Lipinski definition) is 1. The van der Waals surface area contributed by atoms with E-state index >= 15 is 0 Å². The molecule has 31 heavy (non-hydrogen) atoms. The first-order valence-electron chi connectivity index (χ1n) is 10.4. The molecule has 0 aliphatic carbocycles. The fourth-order valence-corrected chi connectivity index (χ4v) is 5.57. The van der Waals surface area contributed by atoms with Crippen LogP contribution in [-0.2, 0) is 11.3 Å². The molecule has 3 aromatic heterocycles. The van der Waals surface area contributed by atoms with Gasteiger partial charge in [0.2, 0.25) is 0 Å². The lowest BCUT2D eigenvalue weighted by atomic mass is 10.3. The number of piperazine rings is 1. The molecule has 3 aromatic rings. The molecule has 5 rings (SSSR count). The summed E-state index contributed by atoms with van der Waals surface area (Å²) in [7, 11) is 0. The number of ether oxygens (including phenoxy) is 1. The van der Waals surface area contributed by atoms with E-state index in [1.165, 1.54) is 4.88 Å². The molecule has 5 heterocycles. The standard InChI is InChI=1S/C20H26N8OS2/c1-30-28-4-2-26(3-5-28)13-14-10-15-18(31-14)20(27-6-8-29-9-7-27)25-19(24-15)16-11-23-17(21)12-22-16/h10-12H,2-9,13H2,1H3,(H2,21,23). The lowest BCUT2D eigenvalue weighted by Gasteiger charge is -2.32. The van der Waals surface area contributed by atoms with Crippen molar-refractivity contribution in [1.82, 2.24) is 29.1 Å². The van der Waals surface area contributed by atoms with Crippen LogP contribution >= 0.6 is 23.3 Å². The lowest BCUT2D eigenvalue weighted by Crippen LogP contribution is -2.42. The van der Waals surface area contributed by atoms with Crippen LogP contribution in [0, 0.1) is 0 Å². The smallest absolute Gasteiger partial charge is 0.182 e. The summed E-state index contributed by atoms with van der Waals surface area (Å²) >= 11 is 3.63. The van der Waals surface area contributed by atoms with Crippen molar-refractivity contribution < 1.29 is 4.74 Å². The molecule has 2 aliphatic rings. The number of thiophene rings is 1. The Morgan fingerprint density at radius 2 is 1.87 bits per heavy atom. The highest BCUT2D eigenvalue weighted by molar-refractivity contribution is 7.96. The molecular formula is C20H26N8OS2. The van der Waals surface area contributed by atoms with Gasteiger partial charge in [0.15, 0.2) is 11.6 Å². The van der Waals surface area contributed by atoms with Crippen molar-refractivity contribution in [3.63, 3.8) is 0 Å². The third-order valence-electron chi connectivity index (χ3n) is 5.59. The Kier molecular flexibility index (Phi) is 6.19. The largest absolute Gasteiger partial charge is 0.382 e. The second-order valence-electron chi connectivity index (χ2n) is 7.61. The normalized spacial score (nSPS) is 18.7. The number of anilines is 2. The van der Waals surface area contributed by atoms with E-state index in [1.807, 2.05) is 11.9 Å². The van der Waals surface area contributed by atoms with Crippen molar-refractivity contribution in [2.75, 3.05) is 69.4 Å². The highest BCUT2D eigenvalue weighted by Crippen LogP contribution is 2.34. The van der Waals surface area contributed by atoms with Crippen LogP contribution in [-0.4, -0.2) is 87.9 Å². The number of morpholine rings is 1. The zero-order valence-electron chi connectivity index (χ0n) is 17.5. The molecule has 9 nitrogen and oxygen atoms in total. The van der Waals surface area contributed by atoms with Gasteiger partial charge in [0.1, 0.15) is 11.5 Å². The molecule has 2 fully saturated rings. The third kappa shape index (κ3) is 4.60. The predicted octanol–water partition coefficient (Wildman–Crippen LogP) is 1.96. The van der Waals surface area contributed by atoms with E-state index in [-0.39, 0.29) is 0 Å². The molecule has 164 valence electrons. The van der Waals surface area contributed by atoms with E-state index in [0.29, 0.717) is 30.5 Å². The van der Waals surface area contributed by atoms with Gasteiger partial charge >= 0.3 is 0 Å². The molecule has 0 unspecified atom stereocenters. The Morgan fingerprint density at radius 3 is 2.58 bits per heavy atom. The Labute approximate surface area is 189 Å². The molecule has 0 atom stereocenters. The molecule has 2 aliphatic heterocycles. The summed E-state index contributed by atoms with van der Waals surface area (Å²) in [6.45, 7) is 8.39. The number of nitrogens with zero attached hydrogens (tertiary/aromatic N) is 7. The Morgan fingerprint density at radius 1 is 1.06 bits per heavy atom. The number of fused-ring (bicyclic) bond motifs is 1. The van der Waals surface area contributed by atoms with Crippen LogP contribution in [0.1, 0.15) is 4.88 Å². The Bertz CT molecular complexity index is 1030. The zero-order valence-corrected chi connectivity index (χ0v) is 19.2. The maximum atomic E-state index is 5.71. The number of rotatable bonds is 5. The molecule has 11 heteroatoms. The van der Waals surface area contributed by atoms with Gasteiger partial charge in [-0.1, -0.05) is 11.9 Å². The SMILES string of the molecule is CSN1CCN(Cc2cc3nc(-c4cnc(N)cn4)nc(N4CCOCC4)c3s2)CC1. The van der Waals surface area contributed by atoms with Gasteiger partial charge in [0.05, 0.1) is 35.8 Å². The highest BCUT2D eigenvalue weighted by Gasteiger charge is 2.22. The monoisotopic (exact) mass is 458 g/mol. The van der Waals surface area contributed by atoms with Crippen molar-refractivity contribution in [3.05, 3.63) is 23.3 Å². The molecule has 0 bridgehead atoms. The summed E-state index contributed by atoms with van der Waals surface area (Å²) in [5.74, 6) is 1.93. The van der Waals surface area contributed by atoms with Crippen molar-refractivity contribution in [1.29, 1.82) is 0 Å². The van der Waals surface area contributed by atoms with Crippen molar-refractivity contribution in [2.45, 2.75) is 6.54 Å². The number of aromatic nitrogens is 4. The highest BCUT2D eigenvalue weighted by atomic mass is 32.2. The summed E-state index contributed by atoms with van der Waals surface area (Å²) in [6.07, 6.45) is 5.33. The molecule has 0 aromatic carbocycles. The van der Waals surface area contributed by atoms with E-state index in [2.05, 4.69) is 36.4 Å². The van der Waals surface area contributed by atoms with Crippen molar-refractivity contribution in [2.24, 2.45) is 0 Å². The van der Waals surface area contributed by atoms with E-state index in [9.17, 15) is 0 Å². The molecular weight excluding hydrogens is 432 g/mol. The second-order valence-corrected chi connectivity index (χ2v) is 9.63. The average Bonchev–Trinajstić information content (AvgIpc) is 3.22. The summed E-state index contributed by atoms with van der Waals surface area (Å²) in [6, 6.07) is 2.21. The maximum Gasteiger partial charge on any atom is 0.182 e. The van der Waals surface area contributed by atoms with Crippen LogP contribution < -0.4 is 10.6 Å². The number of nitrogen functional groups attached to an aromatic ring is 1. The van der Waals surface area contributed by atoms with Crippen LogP contribution in [0.25, 0.3) is 21.7 Å². The minimum Gasteiger partial charge on any atom is -0.382 e. The summed E-state index contributed by atoms with van der Waals surface area (Å²) in [5, 5.41) is 0. The van der Waals surface area contributed by atoms with Gasteiger partial charge in [0.25, 0.3) is 0 Å². The third-order valence-corrected chi connectivity index (χ3v) is 7.57. The molecule has 0 saturated carbocycles. The van der Waals surface area contributed by atoms with Crippen LogP contribution in [0.3, 0.4) is 0 Å². The first-order chi connectivity index (χ1) is 15.2. The van der Waals surface area contributed by atoms with Gasteiger partial charge in [0, 0.05) is 50.7 Å². The topological polar surface area (TPSA) is 96.5 Å². The fraction of sp³-hybridized carbons (Fsp3) is 0.500. The number of hydrogen-bond acceptors (Lipinski definition) is 11. The van der Waals surface area contributed by atoms with E-state index in [1.54, 1.807) is 23.7 Å². The van der Waals surface area contributed by atoms with Gasteiger partial charge in [-0.25, -0.2) is 24.2 Å². The van der Waals surface area contributed by atoms with Gasteiger partial charge in [-0.15, -0.1) is 11.3 Å². The van der Waals surface area contributed by atoms with Gasteiger partial charge in [-0.05, 0) is 12.3 Å². The van der Waals surface area contributed by atoms with E-state index < -0.39 is 0 Å². The zero-order chi connectivity index (χ0) is 21.2. The summed E-state index contributed by atoms with van der Waals surface area (Å²) in [4.78, 5) is 24.4. The average molecular weight is 459 g/mol. The Balaban J connectivity index is 1.48. The minimum absolute atomic E-state index is 0.387. The van der Waals surface area contributed by atoms with Gasteiger partial charge < -0.3 is 15.4 Å². The van der Waals surface area contributed by atoms with Crippen LogP contribution in [0.5, 0.6) is 0 Å². The van der Waals surface area contributed by atoms with Crippen molar-refractivity contribution >= 4 is 45.1 Å². The molecule has 2 saturated heterocycles. The first kappa shape index (κ1) is 20.8. The van der Waals surface area contributed by atoms with E-state index in [4.69, 9.17) is 20.4 Å². The Hall–Kier alpha value is -2.05. The van der Waals surface area contributed by atoms with Gasteiger partial charge in [-0.2, -0.15) is 0 Å². The molecule has 0 spiro atoms. The molecule has 2 N–H and O–H groups in total. The predicted molar refractivity (Wildman–Crippen MR) is 126 cm³/mol. The number of nitrogens with two attached hydrogens (primary N) is 1. The van der Waals surface area contributed by atoms with E-state index in [0.717, 1.165) is 61.8 Å². The lowest BCUT2D eigenvalue weighted by molar-refractivity contribution is 0.122. The van der Waals surface area contributed by atoms with Crippen molar-refractivity contribution in [3.8, 4) is 11.5 Å². The van der Waals surface area contributed by atoms with Crippen LogP contribution in [0.15, 0.2) is 18.5 Å². The molecule has 0 radical (unpaired) electrons. The van der Waals surface area contributed by atoms with Gasteiger partial charge in [-0.3, -0.25) is 4.90 Å². The molecule has 0 amide bonds. The quantitative estimate of drug-likeness (QED) is 0.572. The first-order valence-corrected chi connectivity index (χ1v) is 12.4. The van der Waals surface area contributed by atoms with Crippen LogP contribution in [0.4, 0.5) is 11.6 Å².